The molecule has 0 aromatic heterocycles. The lowest BCUT2D eigenvalue weighted by molar-refractivity contribution is -0.120. The van der Waals surface area contributed by atoms with Crippen LogP contribution >= 0.6 is 12.4 Å². The van der Waals surface area contributed by atoms with Gasteiger partial charge >= 0.3 is 0 Å². The summed E-state index contributed by atoms with van der Waals surface area (Å²) in [6, 6.07) is 8.34. The summed E-state index contributed by atoms with van der Waals surface area (Å²) < 4.78 is 0. The average molecular weight is 271 g/mol. The first-order chi connectivity index (χ1) is 7.84. The second kappa shape index (κ2) is 6.76. The third-order valence-electron chi connectivity index (χ3n) is 2.84. The van der Waals surface area contributed by atoms with Crippen molar-refractivity contribution in [2.75, 3.05) is 6.54 Å². The molecule has 3 nitrogen and oxygen atoms in total. The van der Waals surface area contributed by atoms with Crippen molar-refractivity contribution in [1.82, 2.24) is 5.32 Å². The molecule has 0 spiro atoms. The van der Waals surface area contributed by atoms with Crippen molar-refractivity contribution < 1.29 is 4.79 Å². The van der Waals surface area contributed by atoms with E-state index in [4.69, 9.17) is 5.73 Å². The summed E-state index contributed by atoms with van der Waals surface area (Å²) in [6.45, 7) is 8.54. The van der Waals surface area contributed by atoms with Gasteiger partial charge in [0.25, 0.3) is 0 Å². The smallest absolute Gasteiger partial charge is 0.234 e. The van der Waals surface area contributed by atoms with Gasteiger partial charge in [-0.15, -0.1) is 12.4 Å². The van der Waals surface area contributed by atoms with Gasteiger partial charge in [0.1, 0.15) is 0 Å². The van der Waals surface area contributed by atoms with Gasteiger partial charge in [0.05, 0.1) is 12.6 Å². The summed E-state index contributed by atoms with van der Waals surface area (Å²) in [4.78, 5) is 11.2. The second-order valence-corrected chi connectivity index (χ2v) is 5.37. The first-order valence-electron chi connectivity index (χ1n) is 5.94. The molecule has 0 saturated heterocycles. The number of benzene rings is 1. The van der Waals surface area contributed by atoms with Gasteiger partial charge in [-0.25, -0.2) is 0 Å². The Hall–Kier alpha value is -1.06. The average Bonchev–Trinajstić information content (AvgIpc) is 2.27. The van der Waals surface area contributed by atoms with Gasteiger partial charge in [-0.1, -0.05) is 45.0 Å². The van der Waals surface area contributed by atoms with Crippen LogP contribution in [0, 0.1) is 0 Å². The minimum atomic E-state index is -0.127. The highest BCUT2D eigenvalue weighted by atomic mass is 35.5. The van der Waals surface area contributed by atoms with Gasteiger partial charge in [0.2, 0.25) is 5.91 Å². The van der Waals surface area contributed by atoms with Gasteiger partial charge in [-0.05, 0) is 23.5 Å². The van der Waals surface area contributed by atoms with Crippen molar-refractivity contribution in [3.63, 3.8) is 0 Å². The zero-order valence-corrected chi connectivity index (χ0v) is 12.3. The normalized spacial score (nSPS) is 12.5. The van der Waals surface area contributed by atoms with Gasteiger partial charge in [0.15, 0.2) is 0 Å². The van der Waals surface area contributed by atoms with E-state index < -0.39 is 0 Å². The van der Waals surface area contributed by atoms with Crippen molar-refractivity contribution in [2.45, 2.75) is 39.2 Å². The van der Waals surface area contributed by atoms with Crippen LogP contribution in [-0.4, -0.2) is 12.5 Å². The molecule has 0 radical (unpaired) electrons. The molecule has 0 aliphatic carbocycles. The maximum absolute atomic E-state index is 11.2. The van der Waals surface area contributed by atoms with Gasteiger partial charge in [-0.3, -0.25) is 4.79 Å². The third kappa shape index (κ3) is 4.67. The third-order valence-corrected chi connectivity index (χ3v) is 2.84. The Morgan fingerprint density at radius 3 is 2.17 bits per heavy atom. The van der Waals surface area contributed by atoms with Crippen molar-refractivity contribution in [1.29, 1.82) is 0 Å². The van der Waals surface area contributed by atoms with E-state index in [0.29, 0.717) is 0 Å². The number of hydrogen-bond acceptors (Lipinski definition) is 2. The molecule has 0 bridgehead atoms. The Bertz CT molecular complexity index is 382. The Morgan fingerprint density at radius 2 is 1.78 bits per heavy atom. The largest absolute Gasteiger partial charge is 0.348 e. The Balaban J connectivity index is 0.00000289. The van der Waals surface area contributed by atoms with Gasteiger partial charge in [0, 0.05) is 0 Å². The van der Waals surface area contributed by atoms with Gasteiger partial charge < -0.3 is 11.1 Å². The minimum Gasteiger partial charge on any atom is -0.348 e. The van der Waals surface area contributed by atoms with Crippen molar-refractivity contribution >= 4 is 18.3 Å². The standard InChI is InChI=1S/C14H22N2O.ClH/c1-10(16-13(17)9-15)11-5-7-12(8-6-11)14(2,3)4;/h5-8,10H,9,15H2,1-4H3,(H,16,17);1H. The molecule has 1 aromatic rings. The molecule has 1 amide bonds. The number of rotatable bonds is 3. The second-order valence-electron chi connectivity index (χ2n) is 5.37. The number of nitrogens with two attached hydrogens (primary N) is 1. The maximum atomic E-state index is 11.2. The van der Waals surface area contributed by atoms with Crippen LogP contribution in [0.25, 0.3) is 0 Å². The summed E-state index contributed by atoms with van der Waals surface area (Å²) in [7, 11) is 0. The number of carbonyl (C=O) groups is 1. The molecule has 0 aliphatic rings. The van der Waals surface area contributed by atoms with E-state index in [1.165, 1.54) is 5.56 Å². The monoisotopic (exact) mass is 270 g/mol. The Morgan fingerprint density at radius 1 is 1.28 bits per heavy atom. The van der Waals surface area contributed by atoms with E-state index >= 15 is 0 Å². The van der Waals surface area contributed by atoms with Crippen LogP contribution in [-0.2, 0) is 10.2 Å². The lowest BCUT2D eigenvalue weighted by Crippen LogP contribution is -2.32. The summed E-state index contributed by atoms with van der Waals surface area (Å²) in [6.07, 6.45) is 0. The highest BCUT2D eigenvalue weighted by molar-refractivity contribution is 5.85. The zero-order valence-electron chi connectivity index (χ0n) is 11.5. The quantitative estimate of drug-likeness (QED) is 0.887. The van der Waals surface area contributed by atoms with Crippen molar-refractivity contribution in [2.24, 2.45) is 5.73 Å². The highest BCUT2D eigenvalue weighted by Crippen LogP contribution is 2.23. The van der Waals surface area contributed by atoms with E-state index in [1.54, 1.807) is 0 Å². The molecule has 0 aliphatic heterocycles. The summed E-state index contributed by atoms with van der Waals surface area (Å²) in [5.74, 6) is -0.127. The molecule has 1 unspecified atom stereocenters. The first kappa shape index (κ1) is 16.9. The fourth-order valence-corrected chi connectivity index (χ4v) is 1.66. The number of carbonyl (C=O) groups excluding carboxylic acids is 1. The van der Waals surface area contributed by atoms with Crippen LogP contribution in [0.2, 0.25) is 0 Å². The van der Waals surface area contributed by atoms with E-state index in [-0.39, 0.29) is 36.3 Å². The molecule has 3 N–H and O–H groups in total. The van der Waals surface area contributed by atoms with Gasteiger partial charge in [-0.2, -0.15) is 0 Å². The first-order valence-corrected chi connectivity index (χ1v) is 5.94. The van der Waals surface area contributed by atoms with E-state index in [0.717, 1.165) is 5.56 Å². The topological polar surface area (TPSA) is 55.1 Å². The highest BCUT2D eigenvalue weighted by Gasteiger charge is 2.14. The Labute approximate surface area is 116 Å². The van der Waals surface area contributed by atoms with E-state index in [9.17, 15) is 4.79 Å². The summed E-state index contributed by atoms with van der Waals surface area (Å²) in [5, 5.41) is 2.84. The van der Waals surface area contributed by atoms with Crippen molar-refractivity contribution in [3.8, 4) is 0 Å². The molecule has 1 rings (SSSR count). The van der Waals surface area contributed by atoms with Crippen LogP contribution in [0.4, 0.5) is 0 Å². The maximum Gasteiger partial charge on any atom is 0.234 e. The molecule has 0 heterocycles. The molecule has 1 aromatic carbocycles. The molecular weight excluding hydrogens is 248 g/mol. The molecule has 0 saturated carbocycles. The van der Waals surface area contributed by atoms with Crippen LogP contribution in [0.15, 0.2) is 24.3 Å². The van der Waals surface area contributed by atoms with Crippen LogP contribution in [0.5, 0.6) is 0 Å². The summed E-state index contributed by atoms with van der Waals surface area (Å²) >= 11 is 0. The predicted octanol–water partition coefficient (Wildman–Crippen LogP) is 2.54. The van der Waals surface area contributed by atoms with E-state index in [2.05, 4.69) is 50.4 Å². The molecule has 18 heavy (non-hydrogen) atoms. The molecule has 1 atom stereocenters. The molecule has 4 heteroatoms. The molecule has 0 fully saturated rings. The minimum absolute atomic E-state index is 0. The van der Waals surface area contributed by atoms with Crippen LogP contribution < -0.4 is 11.1 Å². The Kier molecular flexibility index (Phi) is 6.36. The molecule has 102 valence electrons. The SMILES string of the molecule is CC(NC(=O)CN)c1ccc(C(C)(C)C)cc1.Cl. The fourth-order valence-electron chi connectivity index (χ4n) is 1.66. The van der Waals surface area contributed by atoms with E-state index in [1.807, 2.05) is 6.92 Å². The lowest BCUT2D eigenvalue weighted by atomic mass is 9.86. The number of nitrogens with one attached hydrogen (secondary N) is 1. The number of halogens is 1. The lowest BCUT2D eigenvalue weighted by Gasteiger charge is -2.20. The van der Waals surface area contributed by atoms with Crippen LogP contribution in [0.3, 0.4) is 0 Å². The summed E-state index contributed by atoms with van der Waals surface area (Å²) in [5.41, 5.74) is 7.81. The van der Waals surface area contributed by atoms with Crippen LogP contribution in [0.1, 0.15) is 44.9 Å². The number of hydrogen-bond donors (Lipinski definition) is 2. The fraction of sp³-hybridized carbons (Fsp3) is 0.500. The van der Waals surface area contributed by atoms with Crippen molar-refractivity contribution in [3.05, 3.63) is 35.4 Å². The predicted molar refractivity (Wildman–Crippen MR) is 78.0 cm³/mol. The zero-order chi connectivity index (χ0) is 13.1. The number of amides is 1. The molecular formula is C14H23ClN2O.